The van der Waals surface area contributed by atoms with Crippen LogP contribution >= 0.6 is 0 Å². The predicted octanol–water partition coefficient (Wildman–Crippen LogP) is 3.24. The van der Waals surface area contributed by atoms with Gasteiger partial charge in [-0.3, -0.25) is 4.99 Å². The number of aromatic nitrogens is 2. The van der Waals surface area contributed by atoms with E-state index in [1.54, 1.807) is 7.11 Å². The maximum atomic E-state index is 5.39. The minimum absolute atomic E-state index is 0.286. The number of rotatable bonds is 10. The van der Waals surface area contributed by atoms with Crippen molar-refractivity contribution in [2.24, 2.45) is 4.99 Å². The van der Waals surface area contributed by atoms with E-state index in [9.17, 15) is 0 Å². The van der Waals surface area contributed by atoms with Crippen molar-refractivity contribution in [3.8, 4) is 5.75 Å². The molecule has 2 aromatic rings. The first kappa shape index (κ1) is 21.7. The van der Waals surface area contributed by atoms with Crippen molar-refractivity contribution >= 4 is 5.96 Å². The highest BCUT2D eigenvalue weighted by Gasteiger charge is 2.09. The Morgan fingerprint density at radius 1 is 1.25 bits per heavy atom. The van der Waals surface area contributed by atoms with Crippen LogP contribution in [-0.2, 0) is 12.8 Å². The average Bonchev–Trinajstić information content (AvgIpc) is 3.15. The molecule has 0 radical (unpaired) electrons. The standard InChI is InChI=1S/C21H33N5O2/c1-6-22-21(23-12-7-8-19-25-20(15(2)3)26-28-19)24-13-11-17-10-9-16(4)18(14-17)27-5/h9-10,14-15H,6-8,11-13H2,1-5H3,(H2,22,23,24). The fourth-order valence-electron chi connectivity index (χ4n) is 2.71. The van der Waals surface area contributed by atoms with Gasteiger partial charge in [0.25, 0.3) is 0 Å². The molecular weight excluding hydrogens is 354 g/mol. The van der Waals surface area contributed by atoms with Crippen LogP contribution in [0, 0.1) is 6.92 Å². The quantitative estimate of drug-likeness (QED) is 0.370. The average molecular weight is 388 g/mol. The first-order chi connectivity index (χ1) is 13.5. The molecule has 1 aromatic carbocycles. The summed E-state index contributed by atoms with van der Waals surface area (Å²) in [7, 11) is 1.71. The molecule has 0 fully saturated rings. The third kappa shape index (κ3) is 6.87. The van der Waals surface area contributed by atoms with E-state index in [-0.39, 0.29) is 5.92 Å². The second-order valence-corrected chi connectivity index (χ2v) is 7.05. The number of benzene rings is 1. The Balaban J connectivity index is 1.78. The summed E-state index contributed by atoms with van der Waals surface area (Å²) < 4.78 is 10.7. The van der Waals surface area contributed by atoms with Crippen LogP contribution < -0.4 is 15.4 Å². The van der Waals surface area contributed by atoms with Gasteiger partial charge in [0.05, 0.1) is 7.11 Å². The highest BCUT2D eigenvalue weighted by atomic mass is 16.5. The molecule has 0 saturated heterocycles. The Bertz CT molecular complexity index is 755. The number of hydrogen-bond acceptors (Lipinski definition) is 5. The van der Waals surface area contributed by atoms with Crippen LogP contribution in [0.25, 0.3) is 0 Å². The minimum Gasteiger partial charge on any atom is -0.496 e. The smallest absolute Gasteiger partial charge is 0.226 e. The van der Waals surface area contributed by atoms with Gasteiger partial charge in [-0.15, -0.1) is 0 Å². The van der Waals surface area contributed by atoms with Gasteiger partial charge in [-0.25, -0.2) is 0 Å². The summed E-state index contributed by atoms with van der Waals surface area (Å²) in [5, 5.41) is 10.7. The summed E-state index contributed by atoms with van der Waals surface area (Å²) in [5.41, 5.74) is 2.39. The molecule has 1 heterocycles. The van der Waals surface area contributed by atoms with E-state index in [0.29, 0.717) is 12.4 Å². The second kappa shape index (κ2) is 11.3. The zero-order valence-corrected chi connectivity index (χ0v) is 17.7. The number of hydrogen-bond donors (Lipinski definition) is 2. The molecule has 0 atom stereocenters. The third-order valence-electron chi connectivity index (χ3n) is 4.34. The monoisotopic (exact) mass is 387 g/mol. The Hall–Kier alpha value is -2.57. The number of aryl methyl sites for hydroxylation is 2. The molecule has 0 spiro atoms. The fourth-order valence-corrected chi connectivity index (χ4v) is 2.71. The summed E-state index contributed by atoms with van der Waals surface area (Å²) >= 11 is 0. The van der Waals surface area contributed by atoms with E-state index in [1.165, 1.54) is 5.56 Å². The van der Waals surface area contributed by atoms with Crippen molar-refractivity contribution in [3.05, 3.63) is 41.0 Å². The summed E-state index contributed by atoms with van der Waals surface area (Å²) in [6, 6.07) is 6.33. The van der Waals surface area contributed by atoms with Crippen molar-refractivity contribution in [2.45, 2.75) is 52.9 Å². The lowest BCUT2D eigenvalue weighted by Gasteiger charge is -2.12. The number of guanidine groups is 1. The second-order valence-electron chi connectivity index (χ2n) is 7.05. The van der Waals surface area contributed by atoms with Gasteiger partial charge in [-0.2, -0.15) is 4.98 Å². The summed E-state index contributed by atoms with van der Waals surface area (Å²) in [5.74, 6) is 3.50. The molecule has 0 aliphatic heterocycles. The van der Waals surface area contributed by atoms with Crippen molar-refractivity contribution in [1.29, 1.82) is 0 Å². The molecule has 7 nitrogen and oxygen atoms in total. The van der Waals surface area contributed by atoms with E-state index < -0.39 is 0 Å². The van der Waals surface area contributed by atoms with Gasteiger partial charge in [0.2, 0.25) is 5.89 Å². The van der Waals surface area contributed by atoms with Gasteiger partial charge in [-0.05, 0) is 43.9 Å². The molecule has 2 rings (SSSR count). The Morgan fingerprint density at radius 2 is 2.07 bits per heavy atom. The van der Waals surface area contributed by atoms with E-state index in [4.69, 9.17) is 9.26 Å². The SMILES string of the molecule is CCNC(=NCCCc1nc(C(C)C)no1)NCCc1ccc(C)c(OC)c1. The molecule has 28 heavy (non-hydrogen) atoms. The lowest BCUT2D eigenvalue weighted by atomic mass is 10.1. The van der Waals surface area contributed by atoms with Gasteiger partial charge in [0.1, 0.15) is 5.75 Å². The zero-order chi connectivity index (χ0) is 20.4. The van der Waals surface area contributed by atoms with Crippen molar-refractivity contribution < 1.29 is 9.26 Å². The van der Waals surface area contributed by atoms with E-state index in [0.717, 1.165) is 55.4 Å². The number of ether oxygens (including phenoxy) is 1. The molecule has 7 heteroatoms. The molecular formula is C21H33N5O2. The lowest BCUT2D eigenvalue weighted by Crippen LogP contribution is -2.38. The van der Waals surface area contributed by atoms with Crippen molar-refractivity contribution in [2.75, 3.05) is 26.7 Å². The topological polar surface area (TPSA) is 84.6 Å². The summed E-state index contributed by atoms with van der Waals surface area (Å²) in [4.78, 5) is 9.03. The lowest BCUT2D eigenvalue weighted by molar-refractivity contribution is 0.369. The largest absolute Gasteiger partial charge is 0.496 e. The van der Waals surface area contributed by atoms with Crippen LogP contribution in [0.1, 0.15) is 56.0 Å². The Kier molecular flexibility index (Phi) is 8.78. The van der Waals surface area contributed by atoms with Crippen LogP contribution in [0.3, 0.4) is 0 Å². The van der Waals surface area contributed by atoms with Crippen molar-refractivity contribution in [1.82, 2.24) is 20.8 Å². The van der Waals surface area contributed by atoms with Crippen LogP contribution in [-0.4, -0.2) is 42.8 Å². The summed E-state index contributed by atoms with van der Waals surface area (Å²) in [6.45, 7) is 10.6. The first-order valence-corrected chi connectivity index (χ1v) is 10.0. The number of nitrogens with zero attached hydrogens (tertiary/aromatic N) is 3. The third-order valence-corrected chi connectivity index (χ3v) is 4.34. The van der Waals surface area contributed by atoms with Crippen molar-refractivity contribution in [3.63, 3.8) is 0 Å². The van der Waals surface area contributed by atoms with Gasteiger partial charge >= 0.3 is 0 Å². The van der Waals surface area contributed by atoms with E-state index in [2.05, 4.69) is 71.7 Å². The molecule has 0 bridgehead atoms. The minimum atomic E-state index is 0.286. The maximum Gasteiger partial charge on any atom is 0.226 e. The normalized spacial score (nSPS) is 11.7. The number of nitrogens with one attached hydrogen (secondary N) is 2. The van der Waals surface area contributed by atoms with Gasteiger partial charge < -0.3 is 19.9 Å². The zero-order valence-electron chi connectivity index (χ0n) is 17.7. The molecule has 0 saturated carbocycles. The highest BCUT2D eigenvalue weighted by Crippen LogP contribution is 2.19. The maximum absolute atomic E-state index is 5.39. The van der Waals surface area contributed by atoms with Crippen LogP contribution in [0.5, 0.6) is 5.75 Å². The van der Waals surface area contributed by atoms with Gasteiger partial charge in [0.15, 0.2) is 11.8 Å². The predicted molar refractivity (Wildman–Crippen MR) is 112 cm³/mol. The van der Waals surface area contributed by atoms with Gasteiger partial charge in [-0.1, -0.05) is 31.1 Å². The highest BCUT2D eigenvalue weighted by molar-refractivity contribution is 5.79. The van der Waals surface area contributed by atoms with Crippen LogP contribution in [0.2, 0.25) is 0 Å². The Labute approximate surface area is 168 Å². The number of aliphatic imine (C=N–C) groups is 1. The molecule has 154 valence electrons. The van der Waals surface area contributed by atoms with Gasteiger partial charge in [0, 0.05) is 32.0 Å². The molecule has 1 aromatic heterocycles. The molecule has 0 aliphatic rings. The Morgan fingerprint density at radius 3 is 2.75 bits per heavy atom. The van der Waals surface area contributed by atoms with E-state index >= 15 is 0 Å². The first-order valence-electron chi connectivity index (χ1n) is 10.0. The fraction of sp³-hybridized carbons (Fsp3) is 0.571. The van der Waals surface area contributed by atoms with E-state index in [1.807, 2.05) is 0 Å². The molecule has 0 amide bonds. The molecule has 0 aliphatic carbocycles. The van der Waals surface area contributed by atoms with Crippen LogP contribution in [0.4, 0.5) is 0 Å². The number of methoxy groups -OCH3 is 1. The van der Waals surface area contributed by atoms with Crippen LogP contribution in [0.15, 0.2) is 27.7 Å². The summed E-state index contributed by atoms with van der Waals surface area (Å²) in [6.07, 6.45) is 2.51. The molecule has 0 unspecified atom stereocenters. The molecule has 2 N–H and O–H groups in total.